The summed E-state index contributed by atoms with van der Waals surface area (Å²) < 4.78 is 10.6. The quantitative estimate of drug-likeness (QED) is 0.508. The van der Waals surface area contributed by atoms with Gasteiger partial charge in [0.15, 0.2) is 0 Å². The van der Waals surface area contributed by atoms with Crippen LogP contribution in [0, 0.1) is 5.92 Å². The predicted octanol–water partition coefficient (Wildman–Crippen LogP) is 1.92. The summed E-state index contributed by atoms with van der Waals surface area (Å²) in [6.45, 7) is 7.52. The zero-order valence-corrected chi connectivity index (χ0v) is 14.6. The van der Waals surface area contributed by atoms with Crippen LogP contribution < -0.4 is 10.1 Å². The van der Waals surface area contributed by atoms with Gasteiger partial charge >= 0.3 is 11.9 Å². The van der Waals surface area contributed by atoms with Crippen LogP contribution in [0.4, 0.5) is 0 Å². The molecule has 0 spiro atoms. The van der Waals surface area contributed by atoms with Crippen LogP contribution in [0.15, 0.2) is 30.3 Å². The second-order valence-corrected chi connectivity index (χ2v) is 6.66. The van der Waals surface area contributed by atoms with Gasteiger partial charge in [-0.3, -0.25) is 4.79 Å². The number of quaternary nitrogens is 1. The molecule has 0 radical (unpaired) electrons. The second-order valence-electron chi connectivity index (χ2n) is 6.66. The summed E-state index contributed by atoms with van der Waals surface area (Å²) in [6.07, 6.45) is 5.28. The number of carbonyl (C=O) groups excluding carboxylic acids is 2. The first-order chi connectivity index (χ1) is 11.4. The molecule has 1 heterocycles. The third kappa shape index (κ3) is 5.49. The van der Waals surface area contributed by atoms with E-state index in [0.29, 0.717) is 11.7 Å². The Morgan fingerprint density at radius 2 is 1.79 bits per heavy atom. The number of piperidine rings is 1. The second kappa shape index (κ2) is 8.11. The zero-order chi connectivity index (χ0) is 17.6. The number of carbonyl (C=O) groups is 2. The largest absolute Gasteiger partial charge is 0.456 e. The summed E-state index contributed by atoms with van der Waals surface area (Å²) in [5, 5.41) is 2.30. The fourth-order valence-corrected chi connectivity index (χ4v) is 2.98. The van der Waals surface area contributed by atoms with Crippen LogP contribution >= 0.6 is 0 Å². The maximum absolute atomic E-state index is 12.1. The molecule has 1 aliphatic heterocycles. The maximum Gasteiger partial charge on any atom is 0.331 e. The molecule has 24 heavy (non-hydrogen) atoms. The van der Waals surface area contributed by atoms with Crippen molar-refractivity contribution in [3.05, 3.63) is 35.9 Å². The minimum atomic E-state index is -0.450. The molecule has 0 saturated carbocycles. The summed E-state index contributed by atoms with van der Waals surface area (Å²) in [5.74, 6) is 0.198. The number of rotatable bonds is 5. The molecule has 0 aliphatic carbocycles. The molecule has 0 atom stereocenters. The molecule has 0 unspecified atom stereocenters. The van der Waals surface area contributed by atoms with Gasteiger partial charge < -0.3 is 14.8 Å². The van der Waals surface area contributed by atoms with Crippen molar-refractivity contribution < 1.29 is 24.4 Å². The molecule has 2 N–H and O–H groups in total. The third-order valence-corrected chi connectivity index (χ3v) is 4.34. The molecular weight excluding hydrogens is 306 g/mol. The van der Waals surface area contributed by atoms with E-state index in [2.05, 4.69) is 5.32 Å². The van der Waals surface area contributed by atoms with E-state index in [1.165, 1.54) is 13.0 Å². The van der Waals surface area contributed by atoms with E-state index < -0.39 is 5.60 Å². The van der Waals surface area contributed by atoms with Crippen molar-refractivity contribution in [3.63, 3.8) is 0 Å². The average molecular weight is 332 g/mol. The van der Waals surface area contributed by atoms with Gasteiger partial charge in [-0.05, 0) is 37.6 Å². The standard InChI is InChI=1S/C19H25NO4/c1-14(21)23-17-7-4-15(5-8-17)6-9-18(22)24-19(2,3)16-10-12-20-13-11-16/h4-9,16,20H,10-13H2,1-3H3/p+1/b9-6+. The molecule has 0 aromatic heterocycles. The number of ether oxygens (including phenoxy) is 2. The van der Waals surface area contributed by atoms with E-state index in [0.717, 1.165) is 31.5 Å². The molecule has 1 saturated heterocycles. The van der Waals surface area contributed by atoms with Crippen LogP contribution in [-0.2, 0) is 14.3 Å². The third-order valence-electron chi connectivity index (χ3n) is 4.34. The number of hydrogen-bond acceptors (Lipinski definition) is 4. The molecule has 2 rings (SSSR count). The van der Waals surface area contributed by atoms with Crippen molar-refractivity contribution in [2.45, 2.75) is 39.2 Å². The van der Waals surface area contributed by atoms with Gasteiger partial charge in [0.2, 0.25) is 0 Å². The van der Waals surface area contributed by atoms with Gasteiger partial charge in [0.05, 0.1) is 13.1 Å². The minimum absolute atomic E-state index is 0.335. The number of benzene rings is 1. The monoisotopic (exact) mass is 332 g/mol. The Balaban J connectivity index is 1.90. The van der Waals surface area contributed by atoms with Gasteiger partial charge in [-0.1, -0.05) is 12.1 Å². The fourth-order valence-electron chi connectivity index (χ4n) is 2.98. The molecule has 1 aromatic carbocycles. The summed E-state index contributed by atoms with van der Waals surface area (Å²) in [4.78, 5) is 23.0. The van der Waals surface area contributed by atoms with Crippen LogP contribution in [-0.4, -0.2) is 30.6 Å². The van der Waals surface area contributed by atoms with Crippen LogP contribution in [0.5, 0.6) is 5.75 Å². The average Bonchev–Trinajstić information content (AvgIpc) is 2.54. The fraction of sp³-hybridized carbons (Fsp3) is 0.474. The Kier molecular flexibility index (Phi) is 6.15. The van der Waals surface area contributed by atoms with Crippen molar-refractivity contribution >= 4 is 18.0 Å². The number of nitrogens with two attached hydrogens (primary N) is 1. The summed E-state index contributed by atoms with van der Waals surface area (Å²) in [6, 6.07) is 6.94. The molecule has 5 heteroatoms. The van der Waals surface area contributed by atoms with E-state index in [4.69, 9.17) is 9.47 Å². The molecular formula is C19H26NO4+. The van der Waals surface area contributed by atoms with E-state index in [1.54, 1.807) is 30.3 Å². The lowest BCUT2D eigenvalue weighted by molar-refractivity contribution is -0.665. The number of hydrogen-bond donors (Lipinski definition) is 1. The van der Waals surface area contributed by atoms with Crippen LogP contribution in [0.1, 0.15) is 39.2 Å². The van der Waals surface area contributed by atoms with Crippen molar-refractivity contribution in [2.75, 3.05) is 13.1 Å². The highest BCUT2D eigenvalue weighted by atomic mass is 16.6. The molecule has 1 aromatic rings. The minimum Gasteiger partial charge on any atom is -0.456 e. The van der Waals surface area contributed by atoms with Crippen molar-refractivity contribution in [1.82, 2.24) is 0 Å². The topological polar surface area (TPSA) is 69.2 Å². The normalized spacial score (nSPS) is 16.1. The van der Waals surface area contributed by atoms with Gasteiger partial charge in [0.25, 0.3) is 0 Å². The lowest BCUT2D eigenvalue weighted by Crippen LogP contribution is -2.86. The van der Waals surface area contributed by atoms with Crippen molar-refractivity contribution in [1.29, 1.82) is 0 Å². The van der Waals surface area contributed by atoms with Gasteiger partial charge in [-0.2, -0.15) is 0 Å². The van der Waals surface area contributed by atoms with Gasteiger partial charge in [-0.25, -0.2) is 4.79 Å². The predicted molar refractivity (Wildman–Crippen MR) is 91.3 cm³/mol. The van der Waals surface area contributed by atoms with Crippen LogP contribution in [0.25, 0.3) is 6.08 Å². The lowest BCUT2D eigenvalue weighted by Gasteiger charge is -2.35. The van der Waals surface area contributed by atoms with E-state index in [9.17, 15) is 9.59 Å². The van der Waals surface area contributed by atoms with Crippen molar-refractivity contribution in [2.24, 2.45) is 5.92 Å². The zero-order valence-electron chi connectivity index (χ0n) is 14.6. The number of esters is 2. The van der Waals surface area contributed by atoms with Gasteiger partial charge in [-0.15, -0.1) is 0 Å². The van der Waals surface area contributed by atoms with Crippen LogP contribution in [0.2, 0.25) is 0 Å². The highest BCUT2D eigenvalue weighted by molar-refractivity contribution is 5.87. The molecule has 0 bridgehead atoms. The first-order valence-corrected chi connectivity index (χ1v) is 8.38. The maximum atomic E-state index is 12.1. The Labute approximate surface area is 143 Å². The molecule has 5 nitrogen and oxygen atoms in total. The van der Waals surface area contributed by atoms with Crippen molar-refractivity contribution in [3.8, 4) is 5.75 Å². The summed E-state index contributed by atoms with van der Waals surface area (Å²) in [7, 11) is 0. The van der Waals surface area contributed by atoms with E-state index in [1.807, 2.05) is 13.8 Å². The Hall–Kier alpha value is -2.14. The van der Waals surface area contributed by atoms with Gasteiger partial charge in [0.1, 0.15) is 11.4 Å². The SMILES string of the molecule is CC(=O)Oc1ccc(/C=C/C(=O)OC(C)(C)C2CC[NH2+]CC2)cc1. The highest BCUT2D eigenvalue weighted by Gasteiger charge is 2.34. The molecule has 0 amide bonds. The Morgan fingerprint density at radius 1 is 1.17 bits per heavy atom. The lowest BCUT2D eigenvalue weighted by atomic mass is 9.83. The molecule has 130 valence electrons. The smallest absolute Gasteiger partial charge is 0.331 e. The van der Waals surface area contributed by atoms with Gasteiger partial charge in [0, 0.05) is 31.8 Å². The van der Waals surface area contributed by atoms with E-state index in [-0.39, 0.29) is 11.9 Å². The molecule has 1 aliphatic rings. The Morgan fingerprint density at radius 3 is 2.38 bits per heavy atom. The first kappa shape index (κ1) is 18.2. The summed E-state index contributed by atoms with van der Waals surface area (Å²) in [5.41, 5.74) is 0.391. The van der Waals surface area contributed by atoms with Crippen LogP contribution in [0.3, 0.4) is 0 Å². The Bertz CT molecular complexity index is 598. The highest BCUT2D eigenvalue weighted by Crippen LogP contribution is 2.28. The summed E-state index contributed by atoms with van der Waals surface area (Å²) >= 11 is 0. The molecule has 1 fully saturated rings. The van der Waals surface area contributed by atoms with E-state index >= 15 is 0 Å². The first-order valence-electron chi connectivity index (χ1n) is 8.38.